The average molecular weight is 179 g/mol. The van der Waals surface area contributed by atoms with Crippen molar-refractivity contribution < 1.29 is 4.39 Å². The molecule has 0 radical (unpaired) electrons. The van der Waals surface area contributed by atoms with Crippen molar-refractivity contribution in [3.63, 3.8) is 0 Å². The van der Waals surface area contributed by atoms with Crippen molar-refractivity contribution >= 4 is 5.69 Å². The Morgan fingerprint density at radius 2 is 2.23 bits per heavy atom. The molecule has 0 saturated carbocycles. The number of hydrogen-bond donors (Lipinski definition) is 1. The summed E-state index contributed by atoms with van der Waals surface area (Å²) >= 11 is 0. The molecule has 0 heterocycles. The van der Waals surface area contributed by atoms with Crippen LogP contribution in [0.5, 0.6) is 0 Å². The summed E-state index contributed by atoms with van der Waals surface area (Å²) in [6.07, 6.45) is 1.81. The van der Waals surface area contributed by atoms with E-state index in [0.717, 1.165) is 11.3 Å². The van der Waals surface area contributed by atoms with Gasteiger partial charge in [0.1, 0.15) is 5.82 Å². The Bertz CT molecular complexity index is 307. The van der Waals surface area contributed by atoms with E-state index in [1.54, 1.807) is 6.07 Å². The fourth-order valence-corrected chi connectivity index (χ4v) is 1.09. The normalized spacial score (nSPS) is 12.2. The molecule has 0 saturated heterocycles. The maximum atomic E-state index is 12.7. The van der Waals surface area contributed by atoms with Gasteiger partial charge in [0.2, 0.25) is 0 Å². The van der Waals surface area contributed by atoms with E-state index in [9.17, 15) is 4.39 Å². The summed E-state index contributed by atoms with van der Waals surface area (Å²) in [6, 6.07) is 4.90. The van der Waals surface area contributed by atoms with Gasteiger partial charge in [-0.1, -0.05) is 6.08 Å². The van der Waals surface area contributed by atoms with Crippen LogP contribution in [0.4, 0.5) is 10.1 Å². The maximum Gasteiger partial charge on any atom is 0.123 e. The molecule has 1 rings (SSSR count). The molecule has 0 fully saturated rings. The van der Waals surface area contributed by atoms with Crippen LogP contribution in [-0.4, -0.2) is 6.04 Å². The van der Waals surface area contributed by atoms with Crippen LogP contribution in [0, 0.1) is 12.7 Å². The SMILES string of the molecule is C=CC(C)Nc1ccc(F)cc1C. The summed E-state index contributed by atoms with van der Waals surface area (Å²) in [6.45, 7) is 7.54. The van der Waals surface area contributed by atoms with Crippen LogP contribution < -0.4 is 5.32 Å². The van der Waals surface area contributed by atoms with Crippen molar-refractivity contribution in [3.05, 3.63) is 42.2 Å². The lowest BCUT2D eigenvalue weighted by atomic mass is 10.2. The Hall–Kier alpha value is -1.31. The zero-order valence-corrected chi connectivity index (χ0v) is 7.97. The molecular weight excluding hydrogens is 165 g/mol. The van der Waals surface area contributed by atoms with E-state index in [0.29, 0.717) is 0 Å². The van der Waals surface area contributed by atoms with Crippen LogP contribution in [-0.2, 0) is 0 Å². The molecule has 1 atom stereocenters. The third-order valence-corrected chi connectivity index (χ3v) is 1.93. The molecule has 0 aliphatic carbocycles. The first kappa shape index (κ1) is 9.78. The van der Waals surface area contributed by atoms with Gasteiger partial charge < -0.3 is 5.32 Å². The van der Waals surface area contributed by atoms with Crippen molar-refractivity contribution in [2.75, 3.05) is 5.32 Å². The molecule has 0 bridgehead atoms. The first-order valence-electron chi connectivity index (χ1n) is 4.28. The summed E-state index contributed by atoms with van der Waals surface area (Å²) in [5.41, 5.74) is 1.86. The molecule has 70 valence electrons. The summed E-state index contributed by atoms with van der Waals surface area (Å²) in [5.74, 6) is -0.200. The lowest BCUT2D eigenvalue weighted by molar-refractivity contribution is 0.626. The highest BCUT2D eigenvalue weighted by Gasteiger charge is 2.01. The lowest BCUT2D eigenvalue weighted by Gasteiger charge is -2.13. The van der Waals surface area contributed by atoms with Gasteiger partial charge in [0.25, 0.3) is 0 Å². The van der Waals surface area contributed by atoms with Gasteiger partial charge >= 0.3 is 0 Å². The van der Waals surface area contributed by atoms with Gasteiger partial charge in [0.15, 0.2) is 0 Å². The highest BCUT2D eigenvalue weighted by atomic mass is 19.1. The van der Waals surface area contributed by atoms with Crippen LogP contribution >= 0.6 is 0 Å². The van der Waals surface area contributed by atoms with Gasteiger partial charge in [-0.2, -0.15) is 0 Å². The Labute approximate surface area is 78.3 Å². The molecule has 0 aliphatic heterocycles. The Morgan fingerprint density at radius 3 is 2.77 bits per heavy atom. The monoisotopic (exact) mass is 179 g/mol. The average Bonchev–Trinajstić information content (AvgIpc) is 2.09. The van der Waals surface area contributed by atoms with E-state index in [-0.39, 0.29) is 11.9 Å². The number of hydrogen-bond acceptors (Lipinski definition) is 1. The van der Waals surface area contributed by atoms with Gasteiger partial charge in [-0.25, -0.2) is 4.39 Å². The Morgan fingerprint density at radius 1 is 1.54 bits per heavy atom. The van der Waals surface area contributed by atoms with Crippen LogP contribution in [0.15, 0.2) is 30.9 Å². The van der Waals surface area contributed by atoms with Crippen molar-refractivity contribution in [2.45, 2.75) is 19.9 Å². The number of anilines is 1. The van der Waals surface area contributed by atoms with Crippen molar-refractivity contribution in [3.8, 4) is 0 Å². The second-order valence-corrected chi connectivity index (χ2v) is 3.13. The van der Waals surface area contributed by atoms with E-state index in [2.05, 4.69) is 11.9 Å². The van der Waals surface area contributed by atoms with Crippen molar-refractivity contribution in [1.29, 1.82) is 0 Å². The Kier molecular flexibility index (Phi) is 3.07. The van der Waals surface area contributed by atoms with E-state index < -0.39 is 0 Å². The fourth-order valence-electron chi connectivity index (χ4n) is 1.09. The molecule has 1 aromatic carbocycles. The molecule has 0 amide bonds. The quantitative estimate of drug-likeness (QED) is 0.703. The second-order valence-electron chi connectivity index (χ2n) is 3.13. The summed E-state index contributed by atoms with van der Waals surface area (Å²) in [5, 5.41) is 3.20. The zero-order chi connectivity index (χ0) is 9.84. The molecule has 1 nitrogen and oxygen atoms in total. The number of benzene rings is 1. The van der Waals surface area contributed by atoms with Gasteiger partial charge in [-0.05, 0) is 37.6 Å². The van der Waals surface area contributed by atoms with E-state index in [1.165, 1.54) is 12.1 Å². The molecule has 1 N–H and O–H groups in total. The van der Waals surface area contributed by atoms with Crippen molar-refractivity contribution in [1.82, 2.24) is 0 Å². The second kappa shape index (κ2) is 4.08. The highest BCUT2D eigenvalue weighted by Crippen LogP contribution is 2.16. The summed E-state index contributed by atoms with van der Waals surface area (Å²) in [4.78, 5) is 0. The van der Waals surface area contributed by atoms with Gasteiger partial charge in [0.05, 0.1) is 0 Å². The number of halogens is 1. The molecular formula is C11H14FN. The van der Waals surface area contributed by atoms with E-state index in [1.807, 2.05) is 19.9 Å². The third kappa shape index (κ3) is 2.58. The number of rotatable bonds is 3. The van der Waals surface area contributed by atoms with Crippen LogP contribution in [0.25, 0.3) is 0 Å². The van der Waals surface area contributed by atoms with E-state index in [4.69, 9.17) is 0 Å². The summed E-state index contributed by atoms with van der Waals surface area (Å²) in [7, 11) is 0. The first-order valence-corrected chi connectivity index (χ1v) is 4.28. The predicted molar refractivity (Wildman–Crippen MR) is 54.4 cm³/mol. The van der Waals surface area contributed by atoms with Crippen LogP contribution in [0.1, 0.15) is 12.5 Å². The van der Waals surface area contributed by atoms with Crippen LogP contribution in [0.2, 0.25) is 0 Å². The molecule has 0 aromatic heterocycles. The number of nitrogens with one attached hydrogen (secondary N) is 1. The fraction of sp³-hybridized carbons (Fsp3) is 0.273. The molecule has 1 aromatic rings. The van der Waals surface area contributed by atoms with Crippen LogP contribution in [0.3, 0.4) is 0 Å². The van der Waals surface area contributed by atoms with Crippen molar-refractivity contribution in [2.24, 2.45) is 0 Å². The smallest absolute Gasteiger partial charge is 0.123 e. The molecule has 0 aliphatic rings. The number of aryl methyl sites for hydroxylation is 1. The van der Waals surface area contributed by atoms with Gasteiger partial charge in [-0.3, -0.25) is 0 Å². The zero-order valence-electron chi connectivity index (χ0n) is 7.97. The third-order valence-electron chi connectivity index (χ3n) is 1.93. The largest absolute Gasteiger partial charge is 0.379 e. The maximum absolute atomic E-state index is 12.7. The minimum Gasteiger partial charge on any atom is -0.379 e. The van der Waals surface area contributed by atoms with Gasteiger partial charge in [0, 0.05) is 11.7 Å². The topological polar surface area (TPSA) is 12.0 Å². The minimum atomic E-state index is -0.200. The molecule has 13 heavy (non-hydrogen) atoms. The Balaban J connectivity index is 2.83. The molecule has 0 spiro atoms. The molecule has 2 heteroatoms. The van der Waals surface area contributed by atoms with E-state index >= 15 is 0 Å². The lowest BCUT2D eigenvalue weighted by Crippen LogP contribution is -2.12. The molecule has 1 unspecified atom stereocenters. The first-order chi connectivity index (χ1) is 6.13. The summed E-state index contributed by atoms with van der Waals surface area (Å²) < 4.78 is 12.7. The standard InChI is InChI=1S/C11H14FN/c1-4-9(3)13-11-6-5-10(12)7-8(11)2/h4-7,9,13H,1H2,2-3H3. The highest BCUT2D eigenvalue weighted by molar-refractivity contribution is 5.51. The van der Waals surface area contributed by atoms with Gasteiger partial charge in [-0.15, -0.1) is 6.58 Å². The minimum absolute atomic E-state index is 0.198. The predicted octanol–water partition coefficient (Wildman–Crippen LogP) is 3.12.